The molecule has 4 heteroatoms. The average Bonchev–Trinajstić information content (AvgIpc) is 2.58. The van der Waals surface area contributed by atoms with Crippen LogP contribution in [0.15, 0.2) is 60.9 Å². The molecule has 2 nitrogen and oxygen atoms in total. The van der Waals surface area contributed by atoms with Crippen LogP contribution in [0.1, 0.15) is 5.56 Å². The topological polar surface area (TPSA) is 25.8 Å². The Balaban J connectivity index is 0.000000774. The van der Waals surface area contributed by atoms with Crippen LogP contribution in [0.25, 0.3) is 22.5 Å². The molecule has 21 heavy (non-hydrogen) atoms. The van der Waals surface area contributed by atoms with Gasteiger partial charge in [-0.1, -0.05) is 42.3 Å². The maximum atomic E-state index is 4.61. The first-order valence-electron chi connectivity index (χ1n) is 6.32. The first-order valence-corrected chi connectivity index (χ1v) is 9.13. The van der Waals surface area contributed by atoms with Crippen LogP contribution in [-0.4, -0.2) is 9.97 Å². The number of halogens is 1. The summed E-state index contributed by atoms with van der Waals surface area (Å²) in [5, 5.41) is 0. The van der Waals surface area contributed by atoms with Crippen LogP contribution in [0.2, 0.25) is 0 Å². The molecule has 2 aromatic heterocycles. The van der Waals surface area contributed by atoms with Gasteiger partial charge in [0.15, 0.2) is 0 Å². The van der Waals surface area contributed by atoms with Gasteiger partial charge in [0.05, 0.1) is 0 Å². The van der Waals surface area contributed by atoms with Crippen molar-refractivity contribution < 1.29 is 18.8 Å². The minimum atomic E-state index is 0.934. The summed E-state index contributed by atoms with van der Waals surface area (Å²) in [4.78, 5) is 8.75. The van der Waals surface area contributed by atoms with E-state index in [4.69, 9.17) is 0 Å². The molecule has 0 amide bonds. The molecule has 0 fully saturated rings. The molecule has 3 rings (SSSR count). The molecule has 0 N–H and O–H groups in total. The van der Waals surface area contributed by atoms with Crippen molar-refractivity contribution in [1.82, 2.24) is 9.97 Å². The van der Waals surface area contributed by atoms with Gasteiger partial charge in [0, 0.05) is 23.8 Å². The SMILES string of the molecule is Cc1cc(-c2ccccn2)[c-]c(-c2ccccn2)c1.[Cl][Pt+]. The number of hydrogen-bond donors (Lipinski definition) is 0. The third kappa shape index (κ3) is 4.23. The Bertz CT molecular complexity index is 630. The summed E-state index contributed by atoms with van der Waals surface area (Å²) in [6, 6.07) is 19.4. The average molecular weight is 476 g/mol. The number of benzene rings is 1. The van der Waals surface area contributed by atoms with Crippen molar-refractivity contribution in [1.29, 1.82) is 0 Å². The Morgan fingerprint density at radius 1 is 0.857 bits per heavy atom. The second kappa shape index (κ2) is 8.07. The van der Waals surface area contributed by atoms with Crippen molar-refractivity contribution in [3.05, 3.63) is 72.6 Å². The number of nitrogens with zero attached hydrogens (tertiary/aromatic N) is 2. The Labute approximate surface area is 140 Å². The molecule has 0 saturated heterocycles. The van der Waals surface area contributed by atoms with Crippen LogP contribution in [0.3, 0.4) is 0 Å². The number of aryl methyl sites for hydroxylation is 1. The normalized spacial score (nSPS) is 9.71. The first-order chi connectivity index (χ1) is 10.3. The molecule has 2 heterocycles. The van der Waals surface area contributed by atoms with Crippen LogP contribution in [-0.2, 0) is 18.8 Å². The van der Waals surface area contributed by atoms with Gasteiger partial charge in [0.1, 0.15) is 0 Å². The van der Waals surface area contributed by atoms with Crippen molar-refractivity contribution in [3.63, 3.8) is 0 Å². The number of hydrogen-bond acceptors (Lipinski definition) is 2. The second-order valence-electron chi connectivity index (χ2n) is 4.41. The van der Waals surface area contributed by atoms with Crippen LogP contribution >= 0.6 is 9.42 Å². The van der Waals surface area contributed by atoms with E-state index in [1.807, 2.05) is 36.4 Å². The van der Waals surface area contributed by atoms with Gasteiger partial charge in [-0.05, 0) is 12.1 Å². The molecule has 1 aromatic carbocycles. The molecule has 0 spiro atoms. The molecule has 108 valence electrons. The Morgan fingerprint density at radius 3 is 1.71 bits per heavy atom. The molecular weight excluding hydrogens is 463 g/mol. The van der Waals surface area contributed by atoms with Crippen LogP contribution < -0.4 is 0 Å². The first kappa shape index (κ1) is 15.9. The van der Waals surface area contributed by atoms with Gasteiger partial charge in [0.2, 0.25) is 0 Å². The van der Waals surface area contributed by atoms with Crippen molar-refractivity contribution >= 4 is 9.42 Å². The summed E-state index contributed by atoms with van der Waals surface area (Å²) in [5.74, 6) is 0. The van der Waals surface area contributed by atoms with Crippen molar-refractivity contribution in [2.45, 2.75) is 6.92 Å². The zero-order chi connectivity index (χ0) is 15.1. The molecule has 0 aliphatic rings. The van der Waals surface area contributed by atoms with Crippen molar-refractivity contribution in [2.75, 3.05) is 0 Å². The monoisotopic (exact) mass is 475 g/mol. The standard InChI is InChI=1S/C17H13N2.ClH.Pt/c1-13-10-14(16-6-2-4-8-18-16)12-15(11-13)17-7-3-5-9-19-17;;/h2-11H,1H3;1H;/q-1;;+2/p-1. The van der Waals surface area contributed by atoms with Gasteiger partial charge in [0.25, 0.3) is 0 Å². The Kier molecular flexibility index (Phi) is 6.10. The van der Waals surface area contributed by atoms with Crippen molar-refractivity contribution in [3.8, 4) is 22.5 Å². The Hall–Kier alpha value is -1.50. The van der Waals surface area contributed by atoms with E-state index in [-0.39, 0.29) is 0 Å². The fourth-order valence-electron chi connectivity index (χ4n) is 2.03. The van der Waals surface area contributed by atoms with Gasteiger partial charge < -0.3 is 0 Å². The van der Waals surface area contributed by atoms with E-state index in [1.165, 1.54) is 5.56 Å². The van der Waals surface area contributed by atoms with E-state index < -0.39 is 0 Å². The molecule has 3 aromatic rings. The predicted octanol–water partition coefficient (Wildman–Crippen LogP) is 4.61. The second-order valence-corrected chi connectivity index (χ2v) is 4.41. The molecule has 0 bridgehead atoms. The summed E-state index contributed by atoms with van der Waals surface area (Å²) in [7, 11) is 4.61. The zero-order valence-corrected chi connectivity index (χ0v) is 14.4. The molecular formula is C17H13ClN2Pt. The maximum absolute atomic E-state index is 4.61. The molecule has 0 saturated carbocycles. The van der Waals surface area contributed by atoms with E-state index in [2.05, 4.69) is 44.5 Å². The summed E-state index contributed by atoms with van der Waals surface area (Å²) < 4.78 is 0. The number of pyridine rings is 2. The molecule has 0 unspecified atom stereocenters. The molecule has 0 atom stereocenters. The van der Waals surface area contributed by atoms with Gasteiger partial charge in [-0.25, -0.2) is 0 Å². The number of aromatic nitrogens is 2. The van der Waals surface area contributed by atoms with Gasteiger partial charge in [-0.15, -0.1) is 23.8 Å². The minimum absolute atomic E-state index is 0.934. The van der Waals surface area contributed by atoms with E-state index >= 15 is 0 Å². The van der Waals surface area contributed by atoms with E-state index in [0.717, 1.165) is 22.5 Å². The van der Waals surface area contributed by atoms with Gasteiger partial charge in [-0.2, -0.15) is 0 Å². The summed E-state index contributed by atoms with van der Waals surface area (Å²) in [6.07, 6.45) is 3.60. The third-order valence-corrected chi connectivity index (χ3v) is 2.90. The fourth-order valence-corrected chi connectivity index (χ4v) is 2.03. The van der Waals surface area contributed by atoms with E-state index in [9.17, 15) is 0 Å². The predicted molar refractivity (Wildman–Crippen MR) is 82.3 cm³/mol. The van der Waals surface area contributed by atoms with Crippen LogP contribution in [0, 0.1) is 13.0 Å². The summed E-state index contributed by atoms with van der Waals surface area (Å²) in [6.45, 7) is 2.08. The van der Waals surface area contributed by atoms with Gasteiger partial charge in [-0.3, -0.25) is 9.97 Å². The van der Waals surface area contributed by atoms with Crippen LogP contribution in [0.5, 0.6) is 0 Å². The quantitative estimate of drug-likeness (QED) is 0.506. The third-order valence-electron chi connectivity index (χ3n) is 2.90. The van der Waals surface area contributed by atoms with Crippen LogP contribution in [0.4, 0.5) is 0 Å². The van der Waals surface area contributed by atoms with E-state index in [0.29, 0.717) is 0 Å². The summed E-state index contributed by atoms with van der Waals surface area (Å²) >= 11 is 1.61. The van der Waals surface area contributed by atoms with Crippen molar-refractivity contribution in [2.24, 2.45) is 0 Å². The molecule has 0 radical (unpaired) electrons. The Morgan fingerprint density at radius 2 is 1.33 bits per heavy atom. The fraction of sp³-hybridized carbons (Fsp3) is 0.0588. The summed E-state index contributed by atoms with van der Waals surface area (Å²) in [5.41, 5.74) is 5.05. The zero-order valence-electron chi connectivity index (χ0n) is 11.4. The number of rotatable bonds is 2. The van der Waals surface area contributed by atoms with Gasteiger partial charge >= 0.3 is 28.2 Å². The molecule has 0 aliphatic heterocycles. The van der Waals surface area contributed by atoms with E-state index in [1.54, 1.807) is 31.2 Å². The molecule has 0 aliphatic carbocycles.